The molecule has 3 atom stereocenters. The van der Waals surface area contributed by atoms with E-state index in [-0.39, 0.29) is 17.6 Å². The van der Waals surface area contributed by atoms with Crippen molar-refractivity contribution in [3.8, 4) is 0 Å². The lowest BCUT2D eigenvalue weighted by Gasteiger charge is -2.52. The van der Waals surface area contributed by atoms with Crippen molar-refractivity contribution in [1.29, 1.82) is 0 Å². The van der Waals surface area contributed by atoms with E-state index in [1.165, 1.54) is 5.56 Å². The highest BCUT2D eigenvalue weighted by Crippen LogP contribution is 2.39. The monoisotopic (exact) mass is 360 g/mol. The van der Waals surface area contributed by atoms with Crippen LogP contribution in [-0.4, -0.2) is 54.4 Å². The van der Waals surface area contributed by atoms with Crippen molar-refractivity contribution in [2.75, 3.05) is 32.8 Å². The molecule has 2 bridgehead atoms. The molecule has 1 saturated heterocycles. The molecular formula is C21H30NO4+. The van der Waals surface area contributed by atoms with Gasteiger partial charge in [-0.25, -0.2) is 4.79 Å². The third kappa shape index (κ3) is 3.79. The molecule has 0 aliphatic carbocycles. The number of aliphatic hydroxyl groups excluding tert-OH is 1. The maximum atomic E-state index is 12.3. The van der Waals surface area contributed by atoms with E-state index >= 15 is 0 Å². The fourth-order valence-corrected chi connectivity index (χ4v) is 4.42. The maximum absolute atomic E-state index is 12.3. The standard InChI is InChI=1S/C21H29NO4/c1-3-22-12-17(20(23)19(13-22)21(24)26-4-2)10-11-18(22)15-25-14-16-8-6-5-7-9-16/h5-9,17-18H,3-4,10-15H2,1-2H3/p+1. The first-order chi connectivity index (χ1) is 12.6. The van der Waals surface area contributed by atoms with Crippen LogP contribution in [0.1, 0.15) is 32.3 Å². The Bertz CT molecular complexity index is 657. The Kier molecular flexibility index (Phi) is 5.99. The molecule has 2 aliphatic rings. The van der Waals surface area contributed by atoms with Gasteiger partial charge in [0.1, 0.15) is 23.9 Å². The smallest absolute Gasteiger partial charge is 0.343 e. The molecule has 142 valence electrons. The number of likely N-dealkylation sites (N-methyl/N-ethyl adjacent to an activating group) is 1. The van der Waals surface area contributed by atoms with Crippen molar-refractivity contribution in [1.82, 2.24) is 0 Å². The molecule has 26 heavy (non-hydrogen) atoms. The summed E-state index contributed by atoms with van der Waals surface area (Å²) in [6.45, 7) is 7.91. The Morgan fingerprint density at radius 1 is 1.23 bits per heavy atom. The van der Waals surface area contributed by atoms with E-state index < -0.39 is 0 Å². The molecule has 1 N–H and O–H groups in total. The fraction of sp³-hybridized carbons (Fsp3) is 0.571. The summed E-state index contributed by atoms with van der Waals surface area (Å²) in [6.07, 6.45) is 1.90. The van der Waals surface area contributed by atoms with Gasteiger partial charge >= 0.3 is 5.97 Å². The molecule has 0 radical (unpaired) electrons. The van der Waals surface area contributed by atoms with Crippen LogP contribution < -0.4 is 0 Å². The van der Waals surface area contributed by atoms with Gasteiger partial charge in [0, 0.05) is 6.42 Å². The third-order valence-electron chi connectivity index (χ3n) is 5.95. The molecule has 2 heterocycles. The number of piperidine rings is 1. The van der Waals surface area contributed by atoms with Crippen LogP contribution in [0.5, 0.6) is 0 Å². The first kappa shape index (κ1) is 18.9. The van der Waals surface area contributed by atoms with Gasteiger partial charge in [0.25, 0.3) is 0 Å². The van der Waals surface area contributed by atoms with Gasteiger partial charge in [-0.05, 0) is 25.8 Å². The Morgan fingerprint density at radius 2 is 2.00 bits per heavy atom. The SMILES string of the molecule is CCOC(=O)C1=C(O)C2CCC(COCc3ccccc3)[N+](CC)(C1)C2. The van der Waals surface area contributed by atoms with Gasteiger partial charge in [0.2, 0.25) is 0 Å². The van der Waals surface area contributed by atoms with Gasteiger partial charge < -0.3 is 19.1 Å². The quantitative estimate of drug-likeness (QED) is 0.599. The number of esters is 1. The van der Waals surface area contributed by atoms with Gasteiger partial charge in [-0.15, -0.1) is 0 Å². The third-order valence-corrected chi connectivity index (χ3v) is 5.95. The van der Waals surface area contributed by atoms with Crippen LogP contribution in [0, 0.1) is 5.92 Å². The molecular weight excluding hydrogens is 330 g/mol. The molecule has 3 unspecified atom stereocenters. The Balaban J connectivity index is 1.70. The van der Waals surface area contributed by atoms with Gasteiger partial charge in [0.05, 0.1) is 38.8 Å². The minimum absolute atomic E-state index is 0.0634. The number of rotatable bonds is 7. The van der Waals surface area contributed by atoms with Crippen LogP contribution in [0.4, 0.5) is 0 Å². The summed E-state index contributed by atoms with van der Waals surface area (Å²) in [5, 5.41) is 10.5. The molecule has 0 amide bonds. The van der Waals surface area contributed by atoms with E-state index in [0.29, 0.717) is 38.0 Å². The number of hydrogen-bond donors (Lipinski definition) is 1. The van der Waals surface area contributed by atoms with E-state index in [1.54, 1.807) is 6.92 Å². The number of fused-ring (bicyclic) bond motifs is 2. The molecule has 0 saturated carbocycles. The van der Waals surface area contributed by atoms with Gasteiger partial charge in [0.15, 0.2) is 0 Å². The fourth-order valence-electron chi connectivity index (χ4n) is 4.42. The minimum atomic E-state index is -0.364. The summed E-state index contributed by atoms with van der Waals surface area (Å²) in [6, 6.07) is 10.5. The van der Waals surface area contributed by atoms with Crippen molar-refractivity contribution in [2.45, 2.75) is 39.3 Å². The van der Waals surface area contributed by atoms with E-state index in [4.69, 9.17) is 9.47 Å². The Hall–Kier alpha value is -1.85. The number of ether oxygens (including phenoxy) is 2. The predicted octanol–water partition coefficient (Wildman–Crippen LogP) is 3.21. The van der Waals surface area contributed by atoms with Gasteiger partial charge in [-0.2, -0.15) is 0 Å². The summed E-state index contributed by atoms with van der Waals surface area (Å²) in [5.74, 6) is -0.0423. The first-order valence-electron chi connectivity index (χ1n) is 9.66. The summed E-state index contributed by atoms with van der Waals surface area (Å²) < 4.78 is 12.0. The summed E-state index contributed by atoms with van der Waals surface area (Å²) >= 11 is 0. The maximum Gasteiger partial charge on any atom is 0.343 e. The van der Waals surface area contributed by atoms with E-state index in [9.17, 15) is 9.90 Å². The lowest BCUT2D eigenvalue weighted by molar-refractivity contribution is -0.955. The predicted molar refractivity (Wildman–Crippen MR) is 99.4 cm³/mol. The van der Waals surface area contributed by atoms with Gasteiger partial charge in [-0.1, -0.05) is 30.3 Å². The largest absolute Gasteiger partial charge is 0.511 e. The van der Waals surface area contributed by atoms with Crippen LogP contribution in [0.15, 0.2) is 41.7 Å². The lowest BCUT2D eigenvalue weighted by Crippen LogP contribution is -2.65. The van der Waals surface area contributed by atoms with Crippen LogP contribution in [0.25, 0.3) is 0 Å². The zero-order chi connectivity index (χ0) is 18.6. The normalized spacial score (nSPS) is 28.1. The van der Waals surface area contributed by atoms with Crippen molar-refractivity contribution < 1.29 is 23.9 Å². The minimum Gasteiger partial charge on any atom is -0.511 e. The average molecular weight is 360 g/mol. The Labute approximate surface area is 155 Å². The number of aliphatic hydroxyl groups is 1. The van der Waals surface area contributed by atoms with Crippen LogP contribution >= 0.6 is 0 Å². The zero-order valence-electron chi connectivity index (χ0n) is 15.8. The molecule has 1 aromatic carbocycles. The van der Waals surface area contributed by atoms with Crippen molar-refractivity contribution >= 4 is 5.97 Å². The molecule has 3 rings (SSSR count). The molecule has 5 nitrogen and oxygen atoms in total. The van der Waals surface area contributed by atoms with Gasteiger partial charge in [-0.3, -0.25) is 0 Å². The average Bonchev–Trinajstić information content (AvgIpc) is 2.67. The van der Waals surface area contributed by atoms with Crippen LogP contribution in [0.2, 0.25) is 0 Å². The topological polar surface area (TPSA) is 55.8 Å². The lowest BCUT2D eigenvalue weighted by atomic mass is 9.82. The number of hydrogen-bond acceptors (Lipinski definition) is 4. The number of carbonyl (C=O) groups excluding carboxylic acids is 1. The van der Waals surface area contributed by atoms with Crippen LogP contribution in [0.3, 0.4) is 0 Å². The van der Waals surface area contributed by atoms with Crippen molar-refractivity contribution in [2.24, 2.45) is 5.92 Å². The number of nitrogens with zero attached hydrogens (tertiary/aromatic N) is 1. The summed E-state index contributed by atoms with van der Waals surface area (Å²) in [7, 11) is 0. The summed E-state index contributed by atoms with van der Waals surface area (Å²) in [5.41, 5.74) is 1.64. The second kappa shape index (κ2) is 8.23. The second-order valence-corrected chi connectivity index (χ2v) is 7.39. The Morgan fingerprint density at radius 3 is 2.69 bits per heavy atom. The highest BCUT2D eigenvalue weighted by atomic mass is 16.5. The second-order valence-electron chi connectivity index (χ2n) is 7.39. The molecule has 1 aromatic rings. The number of benzene rings is 1. The highest BCUT2D eigenvalue weighted by molar-refractivity contribution is 5.89. The molecule has 2 aliphatic heterocycles. The zero-order valence-corrected chi connectivity index (χ0v) is 15.8. The van der Waals surface area contributed by atoms with E-state index in [2.05, 4.69) is 19.1 Å². The first-order valence-corrected chi connectivity index (χ1v) is 9.66. The molecule has 0 spiro atoms. The highest BCUT2D eigenvalue weighted by Gasteiger charge is 2.49. The van der Waals surface area contributed by atoms with Crippen molar-refractivity contribution in [3.63, 3.8) is 0 Å². The number of carbonyl (C=O) groups is 1. The molecule has 5 heteroatoms. The summed E-state index contributed by atoms with van der Waals surface area (Å²) in [4.78, 5) is 12.3. The van der Waals surface area contributed by atoms with E-state index in [1.807, 2.05) is 18.2 Å². The molecule has 1 fully saturated rings. The van der Waals surface area contributed by atoms with Crippen LogP contribution in [-0.2, 0) is 20.9 Å². The number of quaternary nitrogens is 1. The molecule has 0 aromatic heterocycles. The van der Waals surface area contributed by atoms with E-state index in [0.717, 1.165) is 30.4 Å². The van der Waals surface area contributed by atoms with Crippen molar-refractivity contribution in [3.05, 3.63) is 47.2 Å².